The van der Waals surface area contributed by atoms with E-state index in [4.69, 9.17) is 5.73 Å². The summed E-state index contributed by atoms with van der Waals surface area (Å²) in [6, 6.07) is 0. The summed E-state index contributed by atoms with van der Waals surface area (Å²) in [6.07, 6.45) is 0. The van der Waals surface area contributed by atoms with Gasteiger partial charge in [-0.1, -0.05) is 11.3 Å². The second-order valence-electron chi connectivity index (χ2n) is 5.58. The van der Waals surface area contributed by atoms with Crippen LogP contribution in [0.4, 0.5) is 10.9 Å². The number of thiazole rings is 1. The number of hydrogen-bond donors (Lipinski definition) is 3. The van der Waals surface area contributed by atoms with Crippen molar-refractivity contribution in [1.29, 1.82) is 0 Å². The number of nitrogens with two attached hydrogens (primary N) is 1. The molecule has 0 spiro atoms. The number of nitrogens with zero attached hydrogens (tertiary/aromatic N) is 2. The normalized spacial score (nSPS) is 11.1. The molecule has 1 heterocycles. The van der Waals surface area contributed by atoms with Crippen LogP contribution in [0.1, 0.15) is 30.4 Å². The Morgan fingerprint density at radius 2 is 1.95 bits per heavy atom. The van der Waals surface area contributed by atoms with E-state index in [1.165, 1.54) is 16.2 Å². The summed E-state index contributed by atoms with van der Waals surface area (Å²) in [7, 11) is 3.25. The highest BCUT2D eigenvalue weighted by Crippen LogP contribution is 2.26. The van der Waals surface area contributed by atoms with Crippen LogP contribution in [-0.2, 0) is 4.79 Å². The van der Waals surface area contributed by atoms with Crippen LogP contribution in [-0.4, -0.2) is 47.9 Å². The zero-order chi connectivity index (χ0) is 15.5. The molecule has 1 aromatic heterocycles. The molecule has 0 bridgehead atoms. The number of aromatic nitrogens is 1. The number of likely N-dealkylation sites (N-methyl/N-ethyl adjacent to an activating group) is 1. The largest absolute Gasteiger partial charge is 0.382 e. The third-order valence-electron chi connectivity index (χ3n) is 2.24. The summed E-state index contributed by atoms with van der Waals surface area (Å²) in [5.74, 6) is -0.414. The van der Waals surface area contributed by atoms with Gasteiger partial charge in [-0.2, -0.15) is 0 Å². The van der Waals surface area contributed by atoms with Crippen molar-refractivity contribution in [2.45, 2.75) is 26.3 Å². The molecule has 0 fully saturated rings. The van der Waals surface area contributed by atoms with Gasteiger partial charge in [-0.3, -0.25) is 9.59 Å². The number of hydrogen-bond acceptors (Lipinski definition) is 6. The molecule has 0 aliphatic rings. The Morgan fingerprint density at radius 1 is 1.35 bits per heavy atom. The average molecular weight is 299 g/mol. The van der Waals surface area contributed by atoms with Crippen LogP contribution in [0.2, 0.25) is 0 Å². The van der Waals surface area contributed by atoms with E-state index in [1.807, 2.05) is 20.8 Å². The molecule has 0 unspecified atom stereocenters. The number of amides is 2. The second kappa shape index (κ2) is 6.08. The molecule has 20 heavy (non-hydrogen) atoms. The van der Waals surface area contributed by atoms with E-state index in [9.17, 15) is 9.59 Å². The molecule has 0 atom stereocenters. The lowest BCUT2D eigenvalue weighted by Gasteiger charge is -2.19. The SMILES string of the molecule is CN(C)C(=O)CNC(=O)c1sc(NC(C)(C)C)nc1N. The summed E-state index contributed by atoms with van der Waals surface area (Å²) in [5, 5.41) is 6.26. The van der Waals surface area contributed by atoms with Crippen LogP contribution < -0.4 is 16.4 Å². The molecular weight excluding hydrogens is 278 g/mol. The topological polar surface area (TPSA) is 100 Å². The Hall–Kier alpha value is -1.83. The zero-order valence-corrected chi connectivity index (χ0v) is 13.2. The van der Waals surface area contributed by atoms with Crippen LogP contribution in [0.25, 0.3) is 0 Å². The number of rotatable bonds is 4. The quantitative estimate of drug-likeness (QED) is 0.762. The molecule has 0 aliphatic heterocycles. The van der Waals surface area contributed by atoms with E-state index < -0.39 is 5.91 Å². The number of anilines is 2. The minimum absolute atomic E-state index is 0.0643. The van der Waals surface area contributed by atoms with Gasteiger partial charge >= 0.3 is 0 Å². The Morgan fingerprint density at radius 3 is 2.45 bits per heavy atom. The third kappa shape index (κ3) is 4.69. The van der Waals surface area contributed by atoms with Crippen LogP contribution in [0.15, 0.2) is 0 Å². The fourth-order valence-electron chi connectivity index (χ4n) is 1.26. The van der Waals surface area contributed by atoms with Gasteiger partial charge in [0.2, 0.25) is 5.91 Å². The Bertz CT molecular complexity index is 504. The minimum Gasteiger partial charge on any atom is -0.382 e. The number of nitrogens with one attached hydrogen (secondary N) is 2. The lowest BCUT2D eigenvalue weighted by Crippen LogP contribution is -2.36. The van der Waals surface area contributed by atoms with E-state index >= 15 is 0 Å². The summed E-state index contributed by atoms with van der Waals surface area (Å²) < 4.78 is 0. The van der Waals surface area contributed by atoms with Crippen molar-refractivity contribution < 1.29 is 9.59 Å². The van der Waals surface area contributed by atoms with Gasteiger partial charge in [0.15, 0.2) is 5.13 Å². The summed E-state index contributed by atoms with van der Waals surface area (Å²) in [6.45, 7) is 5.89. The predicted octanol–water partition coefficient (Wildman–Crippen LogP) is 0.754. The zero-order valence-electron chi connectivity index (χ0n) is 12.4. The molecule has 0 aromatic carbocycles. The average Bonchev–Trinajstić information content (AvgIpc) is 2.63. The minimum atomic E-state index is -0.392. The Kier molecular flexibility index (Phi) is 4.93. The first-order chi connectivity index (χ1) is 9.10. The van der Waals surface area contributed by atoms with Gasteiger partial charge in [-0.15, -0.1) is 0 Å². The van der Waals surface area contributed by atoms with Crippen LogP contribution in [0, 0.1) is 0 Å². The highest BCUT2D eigenvalue weighted by molar-refractivity contribution is 7.18. The Balaban J connectivity index is 2.72. The van der Waals surface area contributed by atoms with Crippen molar-refractivity contribution in [3.8, 4) is 0 Å². The molecular formula is C12H21N5O2S. The highest BCUT2D eigenvalue weighted by atomic mass is 32.1. The molecule has 4 N–H and O–H groups in total. The molecule has 1 aromatic rings. The Labute approximate surface area is 122 Å². The second-order valence-corrected chi connectivity index (χ2v) is 6.58. The first-order valence-electron chi connectivity index (χ1n) is 6.13. The van der Waals surface area contributed by atoms with Crippen molar-refractivity contribution in [3.05, 3.63) is 4.88 Å². The first-order valence-corrected chi connectivity index (χ1v) is 6.94. The van der Waals surface area contributed by atoms with E-state index in [1.54, 1.807) is 14.1 Å². The lowest BCUT2D eigenvalue weighted by atomic mass is 10.1. The van der Waals surface area contributed by atoms with Gasteiger partial charge in [0.1, 0.15) is 10.7 Å². The molecule has 1 rings (SSSR count). The van der Waals surface area contributed by atoms with Crippen molar-refractivity contribution in [2.75, 3.05) is 31.7 Å². The standard InChI is InChI=1S/C12H21N5O2S/c1-12(2,3)16-11-15-9(13)8(20-11)10(19)14-6-7(18)17(4)5/h6,13H2,1-5H3,(H,14,19)(H,15,16). The number of carbonyl (C=O) groups excluding carboxylic acids is 2. The highest BCUT2D eigenvalue weighted by Gasteiger charge is 2.19. The lowest BCUT2D eigenvalue weighted by molar-refractivity contribution is -0.127. The van der Waals surface area contributed by atoms with Crippen LogP contribution in [0.5, 0.6) is 0 Å². The van der Waals surface area contributed by atoms with Gasteiger partial charge in [0.05, 0.1) is 6.54 Å². The molecule has 0 saturated heterocycles. The van der Waals surface area contributed by atoms with Crippen molar-refractivity contribution in [2.24, 2.45) is 0 Å². The fourth-order valence-corrected chi connectivity index (χ4v) is 2.27. The third-order valence-corrected chi connectivity index (χ3v) is 3.23. The van der Waals surface area contributed by atoms with Crippen LogP contribution >= 0.6 is 11.3 Å². The van der Waals surface area contributed by atoms with Crippen molar-refractivity contribution in [3.63, 3.8) is 0 Å². The molecule has 0 aliphatic carbocycles. The van der Waals surface area contributed by atoms with Crippen molar-refractivity contribution >= 4 is 34.1 Å². The van der Waals surface area contributed by atoms with E-state index in [0.717, 1.165) is 0 Å². The molecule has 112 valence electrons. The molecule has 8 heteroatoms. The maximum absolute atomic E-state index is 12.0. The molecule has 2 amide bonds. The van der Waals surface area contributed by atoms with Gasteiger partial charge in [0.25, 0.3) is 5.91 Å². The van der Waals surface area contributed by atoms with Crippen LogP contribution in [0.3, 0.4) is 0 Å². The van der Waals surface area contributed by atoms with Gasteiger partial charge in [0, 0.05) is 19.6 Å². The molecule has 0 saturated carbocycles. The fraction of sp³-hybridized carbons (Fsp3) is 0.583. The number of nitrogen functional groups attached to an aromatic ring is 1. The summed E-state index contributed by atoms with van der Waals surface area (Å²) >= 11 is 1.17. The summed E-state index contributed by atoms with van der Waals surface area (Å²) in [5.41, 5.74) is 5.56. The van der Waals surface area contributed by atoms with Gasteiger partial charge in [-0.25, -0.2) is 4.98 Å². The maximum atomic E-state index is 12.0. The number of carbonyl (C=O) groups is 2. The van der Waals surface area contributed by atoms with Gasteiger partial charge in [-0.05, 0) is 20.8 Å². The van der Waals surface area contributed by atoms with E-state index in [-0.39, 0.29) is 23.8 Å². The maximum Gasteiger partial charge on any atom is 0.265 e. The smallest absolute Gasteiger partial charge is 0.265 e. The van der Waals surface area contributed by atoms with E-state index in [2.05, 4.69) is 15.6 Å². The monoisotopic (exact) mass is 299 g/mol. The van der Waals surface area contributed by atoms with Gasteiger partial charge < -0.3 is 21.3 Å². The van der Waals surface area contributed by atoms with E-state index in [0.29, 0.717) is 10.0 Å². The first kappa shape index (κ1) is 16.2. The molecule has 0 radical (unpaired) electrons. The van der Waals surface area contributed by atoms with Crippen molar-refractivity contribution in [1.82, 2.24) is 15.2 Å². The summed E-state index contributed by atoms with van der Waals surface area (Å²) in [4.78, 5) is 29.2. The molecule has 7 nitrogen and oxygen atoms in total. The predicted molar refractivity (Wildman–Crippen MR) is 80.9 cm³/mol.